The molecule has 0 radical (unpaired) electrons. The number of benzene rings is 2. The molecule has 1 fully saturated rings. The fourth-order valence-corrected chi connectivity index (χ4v) is 4.27. The number of hydrogen-bond donors (Lipinski definition) is 2. The Balaban J connectivity index is 1.51. The van der Waals surface area contributed by atoms with Crippen LogP contribution in [0.15, 0.2) is 48.5 Å². The van der Waals surface area contributed by atoms with E-state index < -0.39 is 12.0 Å². The van der Waals surface area contributed by atoms with Crippen LogP contribution >= 0.6 is 0 Å². The Kier molecular flexibility index (Phi) is 3.94. The van der Waals surface area contributed by atoms with Crippen LogP contribution in [-0.4, -0.2) is 24.1 Å². The average Bonchev–Trinajstić information content (AvgIpc) is 3.28. The summed E-state index contributed by atoms with van der Waals surface area (Å²) in [6.45, 7) is 0. The molecule has 5 heteroatoms. The highest BCUT2D eigenvalue weighted by Gasteiger charge is 2.61. The molecule has 3 unspecified atom stereocenters. The molecule has 4 rings (SSSR count). The summed E-state index contributed by atoms with van der Waals surface area (Å²) in [6, 6.07) is 13.9. The summed E-state index contributed by atoms with van der Waals surface area (Å²) in [6.07, 6.45) is 2.75. The predicted octanol–water partition coefficient (Wildman–Crippen LogP) is 2.84. The zero-order valence-corrected chi connectivity index (χ0v) is 14.6. The lowest BCUT2D eigenvalue weighted by Crippen LogP contribution is -2.36. The summed E-state index contributed by atoms with van der Waals surface area (Å²) >= 11 is 0. The minimum Gasteiger partial charge on any atom is -0.497 e. The average molecular weight is 351 g/mol. The first-order valence-electron chi connectivity index (χ1n) is 8.81. The van der Waals surface area contributed by atoms with Gasteiger partial charge in [0.05, 0.1) is 7.11 Å². The number of aliphatic carboxylic acids is 1. The van der Waals surface area contributed by atoms with E-state index in [9.17, 15) is 14.7 Å². The van der Waals surface area contributed by atoms with Gasteiger partial charge < -0.3 is 15.2 Å². The highest BCUT2D eigenvalue weighted by Crippen LogP contribution is 2.61. The standard InChI is InChI=1S/C21H21NO4/c1-26-15-8-6-14(7-9-15)18(20(24)25)22-19(23)17-12-21(17)11-10-13-4-2-3-5-16(13)21/h2-9,17-18H,10-12H2,1H3,(H,22,23)(H,24,25). The molecular weight excluding hydrogens is 330 g/mol. The van der Waals surface area contributed by atoms with Crippen molar-refractivity contribution in [3.8, 4) is 5.75 Å². The highest BCUT2D eigenvalue weighted by molar-refractivity contribution is 5.89. The van der Waals surface area contributed by atoms with Crippen molar-refractivity contribution in [1.82, 2.24) is 5.32 Å². The largest absolute Gasteiger partial charge is 0.497 e. The van der Waals surface area contributed by atoms with E-state index in [2.05, 4.69) is 17.4 Å². The normalized spacial score (nSPS) is 24.0. The van der Waals surface area contributed by atoms with Gasteiger partial charge in [-0.1, -0.05) is 36.4 Å². The van der Waals surface area contributed by atoms with Crippen molar-refractivity contribution in [3.63, 3.8) is 0 Å². The molecule has 2 aromatic rings. The lowest BCUT2D eigenvalue weighted by Gasteiger charge is -2.17. The molecule has 2 N–H and O–H groups in total. The molecule has 2 aliphatic carbocycles. The van der Waals surface area contributed by atoms with Gasteiger partial charge in [0.15, 0.2) is 6.04 Å². The molecule has 0 aliphatic heterocycles. The number of rotatable bonds is 5. The van der Waals surface area contributed by atoms with Crippen molar-refractivity contribution in [3.05, 3.63) is 65.2 Å². The number of aryl methyl sites for hydroxylation is 1. The van der Waals surface area contributed by atoms with E-state index in [0.717, 1.165) is 19.3 Å². The van der Waals surface area contributed by atoms with Crippen LogP contribution in [0.1, 0.15) is 35.6 Å². The quantitative estimate of drug-likeness (QED) is 0.869. The molecule has 2 aliphatic rings. The van der Waals surface area contributed by atoms with Crippen molar-refractivity contribution in [2.24, 2.45) is 5.92 Å². The maximum Gasteiger partial charge on any atom is 0.330 e. The molecule has 2 aromatic carbocycles. The Hall–Kier alpha value is -2.82. The van der Waals surface area contributed by atoms with Crippen LogP contribution in [0, 0.1) is 5.92 Å². The minimum atomic E-state index is -1.06. The fraction of sp³-hybridized carbons (Fsp3) is 0.333. The highest BCUT2D eigenvalue weighted by atomic mass is 16.5. The summed E-state index contributed by atoms with van der Waals surface area (Å²) in [5.41, 5.74) is 3.02. The lowest BCUT2D eigenvalue weighted by molar-refractivity contribution is -0.142. The van der Waals surface area contributed by atoms with E-state index in [1.54, 1.807) is 31.4 Å². The number of amides is 1. The van der Waals surface area contributed by atoms with Crippen LogP contribution < -0.4 is 10.1 Å². The van der Waals surface area contributed by atoms with Gasteiger partial charge in [0, 0.05) is 11.3 Å². The molecular formula is C21H21NO4. The van der Waals surface area contributed by atoms with Gasteiger partial charge in [0.25, 0.3) is 0 Å². The molecule has 0 aromatic heterocycles. The van der Waals surface area contributed by atoms with Gasteiger partial charge in [-0.3, -0.25) is 4.79 Å². The zero-order chi connectivity index (χ0) is 18.3. The Bertz CT molecular complexity index is 861. The molecule has 134 valence electrons. The number of carboxylic acid groups (broad SMARTS) is 1. The third kappa shape index (κ3) is 2.64. The maximum atomic E-state index is 12.8. The minimum absolute atomic E-state index is 0.0936. The van der Waals surface area contributed by atoms with Gasteiger partial charge in [-0.05, 0) is 48.1 Å². The van der Waals surface area contributed by atoms with E-state index in [-0.39, 0.29) is 17.2 Å². The number of methoxy groups -OCH3 is 1. The molecule has 1 saturated carbocycles. The molecule has 26 heavy (non-hydrogen) atoms. The van der Waals surface area contributed by atoms with E-state index >= 15 is 0 Å². The summed E-state index contributed by atoms with van der Waals surface area (Å²) in [4.78, 5) is 24.5. The first-order chi connectivity index (χ1) is 12.5. The number of hydrogen-bond acceptors (Lipinski definition) is 3. The second-order valence-corrected chi connectivity index (χ2v) is 7.12. The number of ether oxygens (including phenoxy) is 1. The topological polar surface area (TPSA) is 75.6 Å². The smallest absolute Gasteiger partial charge is 0.330 e. The van der Waals surface area contributed by atoms with Crippen LogP contribution in [0.3, 0.4) is 0 Å². The summed E-state index contributed by atoms with van der Waals surface area (Å²) < 4.78 is 5.10. The summed E-state index contributed by atoms with van der Waals surface area (Å²) in [7, 11) is 1.55. The van der Waals surface area contributed by atoms with E-state index in [1.165, 1.54) is 11.1 Å². The summed E-state index contributed by atoms with van der Waals surface area (Å²) in [5.74, 6) is -0.742. The Labute approximate surface area is 152 Å². The van der Waals surface area contributed by atoms with Crippen molar-refractivity contribution in [1.29, 1.82) is 0 Å². The molecule has 1 amide bonds. The SMILES string of the molecule is COc1ccc(C(NC(=O)C2CC23CCc2ccccc23)C(=O)O)cc1. The van der Waals surface area contributed by atoms with Crippen molar-refractivity contribution in [2.75, 3.05) is 7.11 Å². The third-order valence-electron chi connectivity index (χ3n) is 5.77. The van der Waals surface area contributed by atoms with Gasteiger partial charge >= 0.3 is 5.97 Å². The third-order valence-corrected chi connectivity index (χ3v) is 5.77. The van der Waals surface area contributed by atoms with E-state index in [0.29, 0.717) is 11.3 Å². The van der Waals surface area contributed by atoms with Gasteiger partial charge in [-0.2, -0.15) is 0 Å². The predicted molar refractivity (Wildman–Crippen MR) is 96.1 cm³/mol. The van der Waals surface area contributed by atoms with Crippen LogP contribution in [-0.2, 0) is 21.4 Å². The summed E-state index contributed by atoms with van der Waals surface area (Å²) in [5, 5.41) is 12.3. The molecule has 0 heterocycles. The van der Waals surface area contributed by atoms with Crippen LogP contribution in [0.2, 0.25) is 0 Å². The number of nitrogens with one attached hydrogen (secondary N) is 1. The number of carbonyl (C=O) groups excluding carboxylic acids is 1. The molecule has 5 nitrogen and oxygen atoms in total. The van der Waals surface area contributed by atoms with Gasteiger partial charge in [0.1, 0.15) is 5.75 Å². The fourth-order valence-electron chi connectivity index (χ4n) is 4.27. The Morgan fingerprint density at radius 1 is 1.19 bits per heavy atom. The molecule has 1 spiro atoms. The van der Waals surface area contributed by atoms with Crippen molar-refractivity contribution >= 4 is 11.9 Å². The number of carboxylic acids is 1. The Morgan fingerprint density at radius 2 is 1.92 bits per heavy atom. The first kappa shape index (κ1) is 16.6. The lowest BCUT2D eigenvalue weighted by atomic mass is 9.95. The first-order valence-corrected chi connectivity index (χ1v) is 8.81. The number of fused-ring (bicyclic) bond motifs is 2. The van der Waals surface area contributed by atoms with Crippen LogP contribution in [0.4, 0.5) is 0 Å². The van der Waals surface area contributed by atoms with Gasteiger partial charge in [-0.15, -0.1) is 0 Å². The van der Waals surface area contributed by atoms with Crippen LogP contribution in [0.25, 0.3) is 0 Å². The van der Waals surface area contributed by atoms with Crippen LogP contribution in [0.5, 0.6) is 5.75 Å². The van der Waals surface area contributed by atoms with E-state index in [1.807, 2.05) is 12.1 Å². The number of carbonyl (C=O) groups is 2. The van der Waals surface area contributed by atoms with Crippen molar-refractivity contribution in [2.45, 2.75) is 30.7 Å². The van der Waals surface area contributed by atoms with E-state index in [4.69, 9.17) is 4.74 Å². The molecule has 3 atom stereocenters. The second kappa shape index (κ2) is 6.16. The molecule has 0 saturated heterocycles. The molecule has 0 bridgehead atoms. The van der Waals surface area contributed by atoms with Gasteiger partial charge in [0.2, 0.25) is 5.91 Å². The van der Waals surface area contributed by atoms with Gasteiger partial charge in [-0.25, -0.2) is 4.79 Å². The Morgan fingerprint density at radius 3 is 2.62 bits per heavy atom. The maximum absolute atomic E-state index is 12.8. The second-order valence-electron chi connectivity index (χ2n) is 7.12. The monoisotopic (exact) mass is 351 g/mol. The van der Waals surface area contributed by atoms with Crippen molar-refractivity contribution < 1.29 is 19.4 Å². The zero-order valence-electron chi connectivity index (χ0n) is 14.6.